The summed E-state index contributed by atoms with van der Waals surface area (Å²) in [5.74, 6) is 1.32. The summed E-state index contributed by atoms with van der Waals surface area (Å²) in [6, 6.07) is 11.0. The summed E-state index contributed by atoms with van der Waals surface area (Å²) in [4.78, 5) is 12.2. The van der Waals surface area contributed by atoms with Crippen LogP contribution in [-0.2, 0) is 14.8 Å². The minimum Gasteiger partial charge on any atom is -0.484 e. The summed E-state index contributed by atoms with van der Waals surface area (Å²) in [5.41, 5.74) is 0.476. The highest BCUT2D eigenvalue weighted by Crippen LogP contribution is 2.35. The summed E-state index contributed by atoms with van der Waals surface area (Å²) in [6.07, 6.45) is 0.705. The Kier molecular flexibility index (Phi) is 5.82. The first kappa shape index (κ1) is 19.0. The van der Waals surface area contributed by atoms with Gasteiger partial charge in [-0.25, -0.2) is 13.1 Å². The van der Waals surface area contributed by atoms with Crippen LogP contribution in [0, 0.1) is 0 Å². The lowest BCUT2D eigenvalue weighted by atomic mass is 10.3. The van der Waals surface area contributed by atoms with E-state index in [0.29, 0.717) is 35.9 Å². The molecule has 0 bridgehead atoms. The molecule has 2 aromatic rings. The van der Waals surface area contributed by atoms with E-state index in [0.717, 1.165) is 0 Å². The van der Waals surface area contributed by atoms with E-state index < -0.39 is 10.0 Å². The second-order valence-corrected chi connectivity index (χ2v) is 7.54. The van der Waals surface area contributed by atoms with Crippen LogP contribution < -0.4 is 24.2 Å². The average Bonchev–Trinajstić information content (AvgIpc) is 3.13. The number of hydrogen-bond donors (Lipinski definition) is 2. The molecular weight excluding hydrogens is 372 g/mol. The average molecular weight is 392 g/mol. The Bertz CT molecular complexity index is 912. The SMILES string of the molecule is CCCNS(=O)(=O)c1ccc(NC(=O)COc2ccc3c(c2)OCO3)cc1. The molecule has 8 nitrogen and oxygen atoms in total. The van der Waals surface area contributed by atoms with Crippen LogP contribution in [0.2, 0.25) is 0 Å². The van der Waals surface area contributed by atoms with Gasteiger partial charge in [-0.2, -0.15) is 0 Å². The minimum absolute atomic E-state index is 0.144. The first-order chi connectivity index (χ1) is 13.0. The molecule has 0 spiro atoms. The lowest BCUT2D eigenvalue weighted by Gasteiger charge is -2.09. The summed E-state index contributed by atoms with van der Waals surface area (Å²) in [5, 5.41) is 2.65. The fourth-order valence-corrected chi connectivity index (χ4v) is 3.48. The van der Waals surface area contributed by atoms with Gasteiger partial charge in [-0.15, -0.1) is 0 Å². The van der Waals surface area contributed by atoms with Crippen LogP contribution in [0.25, 0.3) is 0 Å². The van der Waals surface area contributed by atoms with E-state index in [1.165, 1.54) is 24.3 Å². The molecule has 3 rings (SSSR count). The predicted molar refractivity (Wildman–Crippen MR) is 98.6 cm³/mol. The Morgan fingerprint density at radius 3 is 2.59 bits per heavy atom. The molecule has 1 heterocycles. The Labute approximate surface area is 157 Å². The van der Waals surface area contributed by atoms with Gasteiger partial charge in [-0.3, -0.25) is 4.79 Å². The molecule has 1 amide bonds. The second-order valence-electron chi connectivity index (χ2n) is 5.77. The van der Waals surface area contributed by atoms with Gasteiger partial charge in [-0.05, 0) is 42.8 Å². The van der Waals surface area contributed by atoms with E-state index in [1.807, 2.05) is 6.92 Å². The molecule has 1 aliphatic rings. The lowest BCUT2D eigenvalue weighted by Crippen LogP contribution is -2.24. The van der Waals surface area contributed by atoms with Crippen molar-refractivity contribution in [3.8, 4) is 17.2 Å². The van der Waals surface area contributed by atoms with E-state index in [4.69, 9.17) is 14.2 Å². The molecule has 0 aromatic heterocycles. The van der Waals surface area contributed by atoms with Crippen LogP contribution in [0.3, 0.4) is 0 Å². The van der Waals surface area contributed by atoms with E-state index >= 15 is 0 Å². The highest BCUT2D eigenvalue weighted by atomic mass is 32.2. The highest BCUT2D eigenvalue weighted by molar-refractivity contribution is 7.89. The number of carbonyl (C=O) groups excluding carboxylic acids is 1. The molecule has 2 N–H and O–H groups in total. The van der Waals surface area contributed by atoms with E-state index in [-0.39, 0.29) is 24.2 Å². The van der Waals surface area contributed by atoms with Crippen LogP contribution in [-0.4, -0.2) is 34.3 Å². The van der Waals surface area contributed by atoms with E-state index in [2.05, 4.69) is 10.0 Å². The number of anilines is 1. The fraction of sp³-hybridized carbons (Fsp3) is 0.278. The fourth-order valence-electron chi connectivity index (χ4n) is 2.35. The number of ether oxygens (including phenoxy) is 3. The molecule has 27 heavy (non-hydrogen) atoms. The molecule has 1 aliphatic heterocycles. The molecule has 9 heteroatoms. The van der Waals surface area contributed by atoms with Crippen molar-refractivity contribution >= 4 is 21.6 Å². The van der Waals surface area contributed by atoms with E-state index in [1.54, 1.807) is 18.2 Å². The van der Waals surface area contributed by atoms with E-state index in [9.17, 15) is 13.2 Å². The van der Waals surface area contributed by atoms with Crippen molar-refractivity contribution in [2.75, 3.05) is 25.3 Å². The van der Waals surface area contributed by atoms with Crippen LogP contribution >= 0.6 is 0 Å². The molecule has 0 radical (unpaired) electrons. The quantitative estimate of drug-likeness (QED) is 0.713. The third kappa shape index (κ3) is 4.89. The highest BCUT2D eigenvalue weighted by Gasteiger charge is 2.15. The van der Waals surface area contributed by atoms with Gasteiger partial charge in [-0.1, -0.05) is 6.92 Å². The van der Waals surface area contributed by atoms with Crippen LogP contribution in [0.1, 0.15) is 13.3 Å². The second kappa shape index (κ2) is 8.28. The standard InChI is InChI=1S/C18H20N2O6S/c1-2-9-19-27(22,23)15-6-3-13(4-7-15)20-18(21)11-24-14-5-8-16-17(10-14)26-12-25-16/h3-8,10,19H,2,9,11-12H2,1H3,(H,20,21). The summed E-state index contributed by atoms with van der Waals surface area (Å²) >= 11 is 0. The largest absolute Gasteiger partial charge is 0.484 e. The van der Waals surface area contributed by atoms with Gasteiger partial charge in [0.05, 0.1) is 4.90 Å². The summed E-state index contributed by atoms with van der Waals surface area (Å²) in [6.45, 7) is 2.22. The van der Waals surface area contributed by atoms with Crippen molar-refractivity contribution in [2.45, 2.75) is 18.2 Å². The van der Waals surface area contributed by atoms with Crippen molar-refractivity contribution in [1.82, 2.24) is 4.72 Å². The minimum atomic E-state index is -3.53. The number of amides is 1. The number of rotatable bonds is 8. The Morgan fingerprint density at radius 2 is 1.85 bits per heavy atom. The van der Waals surface area contributed by atoms with Gasteiger partial charge in [0, 0.05) is 18.3 Å². The lowest BCUT2D eigenvalue weighted by molar-refractivity contribution is -0.118. The molecule has 0 unspecified atom stereocenters. The number of benzene rings is 2. The zero-order valence-electron chi connectivity index (χ0n) is 14.7. The normalized spacial score (nSPS) is 12.6. The van der Waals surface area contributed by atoms with Crippen LogP contribution in [0.4, 0.5) is 5.69 Å². The van der Waals surface area contributed by atoms with Gasteiger partial charge in [0.15, 0.2) is 18.1 Å². The van der Waals surface area contributed by atoms with Crippen molar-refractivity contribution in [1.29, 1.82) is 0 Å². The maximum absolute atomic E-state index is 12.0. The monoisotopic (exact) mass is 392 g/mol. The molecule has 0 fully saturated rings. The molecule has 0 aliphatic carbocycles. The zero-order chi connectivity index (χ0) is 19.3. The van der Waals surface area contributed by atoms with Gasteiger partial charge >= 0.3 is 0 Å². The molecule has 2 aromatic carbocycles. The maximum atomic E-state index is 12.0. The third-order valence-corrected chi connectivity index (χ3v) is 5.18. The maximum Gasteiger partial charge on any atom is 0.262 e. The van der Waals surface area contributed by atoms with Gasteiger partial charge in [0.2, 0.25) is 16.8 Å². The molecular formula is C18H20N2O6S. The number of nitrogens with one attached hydrogen (secondary N) is 2. The van der Waals surface area contributed by atoms with Crippen LogP contribution in [0.15, 0.2) is 47.4 Å². The Morgan fingerprint density at radius 1 is 1.11 bits per heavy atom. The Hall–Kier alpha value is -2.78. The molecule has 0 saturated heterocycles. The van der Waals surface area contributed by atoms with Crippen molar-refractivity contribution in [2.24, 2.45) is 0 Å². The van der Waals surface area contributed by atoms with Gasteiger partial charge < -0.3 is 19.5 Å². The van der Waals surface area contributed by atoms with Crippen molar-refractivity contribution in [3.05, 3.63) is 42.5 Å². The summed E-state index contributed by atoms with van der Waals surface area (Å²) in [7, 11) is -3.53. The molecule has 0 atom stereocenters. The first-order valence-electron chi connectivity index (χ1n) is 8.40. The molecule has 0 saturated carbocycles. The molecule has 144 valence electrons. The number of hydrogen-bond acceptors (Lipinski definition) is 6. The smallest absolute Gasteiger partial charge is 0.262 e. The topological polar surface area (TPSA) is 103 Å². The number of carbonyl (C=O) groups is 1. The van der Waals surface area contributed by atoms with Gasteiger partial charge in [0.1, 0.15) is 5.75 Å². The number of sulfonamides is 1. The predicted octanol–water partition coefficient (Wildman–Crippen LogP) is 2.12. The Balaban J connectivity index is 1.53. The summed E-state index contributed by atoms with van der Waals surface area (Å²) < 4.78 is 42.4. The van der Waals surface area contributed by atoms with Crippen molar-refractivity contribution < 1.29 is 27.4 Å². The first-order valence-corrected chi connectivity index (χ1v) is 9.88. The zero-order valence-corrected chi connectivity index (χ0v) is 15.5. The third-order valence-electron chi connectivity index (χ3n) is 3.70. The van der Waals surface area contributed by atoms with Gasteiger partial charge in [0.25, 0.3) is 5.91 Å². The van der Waals surface area contributed by atoms with Crippen molar-refractivity contribution in [3.63, 3.8) is 0 Å². The number of fused-ring (bicyclic) bond motifs is 1. The van der Waals surface area contributed by atoms with Crippen LogP contribution in [0.5, 0.6) is 17.2 Å².